The lowest BCUT2D eigenvalue weighted by atomic mass is 9.89. The van der Waals surface area contributed by atoms with Gasteiger partial charge in [-0.1, -0.05) is 0 Å². The number of Topliss-reactive ketones (excluding diaryl/α,β-unsaturated/α-hetero) is 1. The smallest absolute Gasteiger partial charge is 0.271 e. The van der Waals surface area contributed by atoms with Crippen LogP contribution >= 0.6 is 0 Å². The zero-order valence-corrected chi connectivity index (χ0v) is 15.4. The molecule has 150 valence electrons. The molecule has 0 bridgehead atoms. The summed E-state index contributed by atoms with van der Waals surface area (Å²) in [6.07, 6.45) is 2.70. The van der Waals surface area contributed by atoms with Crippen LogP contribution in [0, 0.1) is 27.7 Å². The minimum absolute atomic E-state index is 0.000625. The molecule has 0 amide bonds. The number of nitro benzene ring substituents is 1. The molecule has 9 heteroatoms. The number of fused-ring (bicyclic) bond motifs is 1. The molecule has 1 aromatic heterocycles. The van der Waals surface area contributed by atoms with Crippen molar-refractivity contribution < 1.29 is 18.5 Å². The average molecular weight is 400 g/mol. The maximum absolute atomic E-state index is 13.9. The van der Waals surface area contributed by atoms with Gasteiger partial charge >= 0.3 is 0 Å². The second kappa shape index (κ2) is 7.67. The molecular weight excluding hydrogens is 382 g/mol. The highest BCUT2D eigenvalue weighted by Crippen LogP contribution is 2.25. The molecule has 1 fully saturated rings. The fourth-order valence-electron chi connectivity index (χ4n) is 3.72. The Labute approximate surface area is 164 Å². The number of benzene rings is 2. The summed E-state index contributed by atoms with van der Waals surface area (Å²) in [4.78, 5) is 25.2. The van der Waals surface area contributed by atoms with Crippen LogP contribution in [0.1, 0.15) is 23.2 Å². The van der Waals surface area contributed by atoms with Crippen molar-refractivity contribution in [2.45, 2.75) is 19.5 Å². The van der Waals surface area contributed by atoms with E-state index in [0.717, 1.165) is 23.6 Å². The zero-order valence-electron chi connectivity index (χ0n) is 15.4. The van der Waals surface area contributed by atoms with Crippen molar-refractivity contribution in [2.24, 2.45) is 5.92 Å². The van der Waals surface area contributed by atoms with Gasteiger partial charge in [0, 0.05) is 36.5 Å². The molecule has 3 aromatic rings. The molecule has 0 radical (unpaired) electrons. The van der Waals surface area contributed by atoms with Gasteiger partial charge in [0.1, 0.15) is 11.6 Å². The second-order valence-electron chi connectivity index (χ2n) is 7.17. The first-order valence-electron chi connectivity index (χ1n) is 9.24. The zero-order chi connectivity index (χ0) is 20.5. The molecule has 0 unspecified atom stereocenters. The van der Waals surface area contributed by atoms with Crippen LogP contribution in [0.25, 0.3) is 10.9 Å². The Morgan fingerprint density at radius 3 is 2.66 bits per heavy atom. The quantitative estimate of drug-likeness (QED) is 0.370. The van der Waals surface area contributed by atoms with Gasteiger partial charge in [0.05, 0.1) is 28.9 Å². The molecule has 2 heterocycles. The van der Waals surface area contributed by atoms with Gasteiger partial charge in [-0.05, 0) is 37.1 Å². The lowest BCUT2D eigenvalue weighted by Gasteiger charge is -2.31. The number of hydrogen-bond acceptors (Lipinski definition) is 5. The number of carbonyl (C=O) groups is 1. The van der Waals surface area contributed by atoms with Crippen molar-refractivity contribution in [2.75, 3.05) is 13.1 Å². The SMILES string of the molecule is O=C(c1cc(F)ccc1F)C1CCN(Cn2ncc3ccc([N+](=O)[O-])cc32)CC1. The lowest BCUT2D eigenvalue weighted by molar-refractivity contribution is -0.384. The first-order chi connectivity index (χ1) is 13.9. The van der Waals surface area contributed by atoms with E-state index in [1.54, 1.807) is 16.9 Å². The number of non-ortho nitro benzene ring substituents is 1. The lowest BCUT2D eigenvalue weighted by Crippen LogP contribution is -2.37. The van der Waals surface area contributed by atoms with Crippen molar-refractivity contribution in [1.82, 2.24) is 14.7 Å². The first kappa shape index (κ1) is 19.1. The summed E-state index contributed by atoms with van der Waals surface area (Å²) in [5.41, 5.74) is 0.466. The van der Waals surface area contributed by atoms with E-state index < -0.39 is 16.6 Å². The van der Waals surface area contributed by atoms with Gasteiger partial charge in [-0.2, -0.15) is 5.10 Å². The normalized spacial score (nSPS) is 15.7. The maximum atomic E-state index is 13.9. The molecule has 29 heavy (non-hydrogen) atoms. The summed E-state index contributed by atoms with van der Waals surface area (Å²) in [6, 6.07) is 7.51. The van der Waals surface area contributed by atoms with E-state index in [1.807, 2.05) is 0 Å². The standard InChI is InChI=1S/C20H18F2N4O3/c21-15-2-4-18(22)17(9-15)20(27)13-5-7-24(8-6-13)12-25-19-10-16(26(28)29)3-1-14(19)11-23-25/h1-4,9-11,13H,5-8,12H2. The van der Waals surface area contributed by atoms with Crippen LogP contribution in [0.5, 0.6) is 0 Å². The third kappa shape index (κ3) is 3.86. The predicted octanol–water partition coefficient (Wildman–Crippen LogP) is 3.78. The van der Waals surface area contributed by atoms with E-state index in [-0.39, 0.29) is 23.0 Å². The van der Waals surface area contributed by atoms with Crippen LogP contribution in [0.2, 0.25) is 0 Å². The number of nitro groups is 1. The van der Waals surface area contributed by atoms with Crippen LogP contribution in [-0.2, 0) is 6.67 Å². The molecule has 4 rings (SSSR count). The summed E-state index contributed by atoms with van der Waals surface area (Å²) in [5, 5.41) is 16.1. The predicted molar refractivity (Wildman–Crippen MR) is 101 cm³/mol. The number of halogens is 2. The molecule has 0 atom stereocenters. The van der Waals surface area contributed by atoms with E-state index in [2.05, 4.69) is 10.00 Å². The summed E-state index contributed by atoms with van der Waals surface area (Å²) in [5.74, 6) is -2.07. The summed E-state index contributed by atoms with van der Waals surface area (Å²) in [7, 11) is 0. The number of rotatable bonds is 5. The number of hydrogen-bond donors (Lipinski definition) is 0. The molecule has 0 saturated carbocycles. The number of likely N-dealkylation sites (tertiary alicyclic amines) is 1. The highest BCUT2D eigenvalue weighted by molar-refractivity contribution is 5.98. The van der Waals surface area contributed by atoms with Crippen LogP contribution < -0.4 is 0 Å². The van der Waals surface area contributed by atoms with Gasteiger partial charge in [-0.3, -0.25) is 24.5 Å². The van der Waals surface area contributed by atoms with Crippen LogP contribution in [0.4, 0.5) is 14.5 Å². The molecule has 1 aliphatic heterocycles. The molecule has 1 saturated heterocycles. The number of carbonyl (C=O) groups excluding carboxylic acids is 1. The number of ketones is 1. The fraction of sp³-hybridized carbons (Fsp3) is 0.300. The van der Waals surface area contributed by atoms with Gasteiger partial charge in [0.25, 0.3) is 5.69 Å². The monoisotopic (exact) mass is 400 g/mol. The third-order valence-electron chi connectivity index (χ3n) is 5.33. The molecular formula is C20H18F2N4O3. The van der Waals surface area contributed by atoms with Gasteiger partial charge in [0.2, 0.25) is 0 Å². The Hall–Kier alpha value is -3.20. The Bertz CT molecular complexity index is 1090. The summed E-state index contributed by atoms with van der Waals surface area (Å²) >= 11 is 0. The van der Waals surface area contributed by atoms with Crippen molar-refractivity contribution in [3.63, 3.8) is 0 Å². The van der Waals surface area contributed by atoms with Crippen molar-refractivity contribution in [3.8, 4) is 0 Å². The molecule has 2 aromatic carbocycles. The van der Waals surface area contributed by atoms with Crippen molar-refractivity contribution in [3.05, 3.63) is 69.9 Å². The highest BCUT2D eigenvalue weighted by Gasteiger charge is 2.28. The van der Waals surface area contributed by atoms with Crippen LogP contribution in [0.15, 0.2) is 42.6 Å². The average Bonchev–Trinajstić information content (AvgIpc) is 3.12. The topological polar surface area (TPSA) is 81.3 Å². The molecule has 7 nitrogen and oxygen atoms in total. The molecule has 0 spiro atoms. The minimum atomic E-state index is -0.705. The Morgan fingerprint density at radius 1 is 1.17 bits per heavy atom. The molecule has 1 aliphatic rings. The van der Waals surface area contributed by atoms with E-state index in [1.165, 1.54) is 12.1 Å². The van der Waals surface area contributed by atoms with Gasteiger partial charge in [-0.15, -0.1) is 0 Å². The third-order valence-corrected chi connectivity index (χ3v) is 5.33. The number of nitrogens with zero attached hydrogens (tertiary/aromatic N) is 4. The maximum Gasteiger partial charge on any atom is 0.271 e. The van der Waals surface area contributed by atoms with Crippen molar-refractivity contribution >= 4 is 22.4 Å². The van der Waals surface area contributed by atoms with E-state index in [4.69, 9.17) is 0 Å². The summed E-state index contributed by atoms with van der Waals surface area (Å²) < 4.78 is 29.0. The Morgan fingerprint density at radius 2 is 1.93 bits per heavy atom. The molecule has 0 aliphatic carbocycles. The second-order valence-corrected chi connectivity index (χ2v) is 7.17. The van der Waals surface area contributed by atoms with Crippen LogP contribution in [0.3, 0.4) is 0 Å². The van der Waals surface area contributed by atoms with Gasteiger partial charge < -0.3 is 0 Å². The number of piperidine rings is 1. The van der Waals surface area contributed by atoms with Gasteiger partial charge in [-0.25, -0.2) is 8.78 Å². The summed E-state index contributed by atoms with van der Waals surface area (Å²) in [6.45, 7) is 1.60. The number of aromatic nitrogens is 2. The van der Waals surface area contributed by atoms with E-state index >= 15 is 0 Å². The first-order valence-corrected chi connectivity index (χ1v) is 9.24. The van der Waals surface area contributed by atoms with E-state index in [0.29, 0.717) is 38.1 Å². The highest BCUT2D eigenvalue weighted by atomic mass is 19.1. The fourth-order valence-corrected chi connectivity index (χ4v) is 3.72. The largest absolute Gasteiger partial charge is 0.294 e. The van der Waals surface area contributed by atoms with Gasteiger partial charge in [0.15, 0.2) is 5.78 Å². The van der Waals surface area contributed by atoms with Crippen molar-refractivity contribution in [1.29, 1.82) is 0 Å². The van der Waals surface area contributed by atoms with E-state index in [9.17, 15) is 23.7 Å². The Balaban J connectivity index is 1.43. The minimum Gasteiger partial charge on any atom is -0.294 e. The van der Waals surface area contributed by atoms with Crippen LogP contribution in [-0.4, -0.2) is 38.5 Å². The molecule has 0 N–H and O–H groups in total. The Kier molecular flexibility index (Phi) is 5.06.